The van der Waals surface area contributed by atoms with Crippen molar-refractivity contribution in [2.75, 3.05) is 13.2 Å². The second-order valence-corrected chi connectivity index (χ2v) is 5.93. The van der Waals surface area contributed by atoms with Crippen LogP contribution in [-0.2, 0) is 18.8 Å². The Bertz CT molecular complexity index is 599. The summed E-state index contributed by atoms with van der Waals surface area (Å²) in [6.07, 6.45) is 2.59. The number of ether oxygens (including phenoxy) is 2. The van der Waals surface area contributed by atoms with Crippen LogP contribution in [0.3, 0.4) is 0 Å². The molecule has 0 fully saturated rings. The Morgan fingerprint density at radius 2 is 2.10 bits per heavy atom. The molecule has 0 unspecified atom stereocenters. The van der Waals surface area contributed by atoms with Gasteiger partial charge in [0.25, 0.3) is 0 Å². The topological polar surface area (TPSA) is 36.3 Å². The summed E-state index contributed by atoms with van der Waals surface area (Å²) in [7, 11) is 1.93. The van der Waals surface area contributed by atoms with Gasteiger partial charge in [-0.3, -0.25) is 4.68 Å². The molecular weight excluding hydrogens is 400 g/mol. The van der Waals surface area contributed by atoms with Crippen LogP contribution in [0.2, 0.25) is 0 Å². The van der Waals surface area contributed by atoms with Crippen molar-refractivity contribution in [2.24, 2.45) is 7.05 Å². The zero-order valence-electron chi connectivity index (χ0n) is 12.1. The maximum Gasteiger partial charge on any atom is 0.175 e. The summed E-state index contributed by atoms with van der Waals surface area (Å²) in [5.41, 5.74) is 2.28. The third-order valence-electron chi connectivity index (χ3n) is 3.05. The molecule has 0 aliphatic heterocycles. The summed E-state index contributed by atoms with van der Waals surface area (Å²) in [6.45, 7) is 3.15. The lowest BCUT2D eigenvalue weighted by Crippen LogP contribution is -2.07. The first kappa shape index (κ1) is 16.4. The first-order valence-corrected chi connectivity index (χ1v) is 8.68. The molecule has 0 saturated carbocycles. The molecule has 0 saturated heterocycles. The third kappa shape index (κ3) is 4.23. The van der Waals surface area contributed by atoms with E-state index >= 15 is 0 Å². The maximum absolute atomic E-state index is 5.92. The number of aromatic nitrogens is 2. The smallest absolute Gasteiger partial charge is 0.175 e. The molecule has 0 aliphatic carbocycles. The van der Waals surface area contributed by atoms with E-state index in [-0.39, 0.29) is 0 Å². The largest absolute Gasteiger partial charge is 0.490 e. The lowest BCUT2D eigenvalue weighted by molar-refractivity contribution is 0.276. The quantitative estimate of drug-likeness (QED) is 0.636. The standard InChI is InChI=1S/C15H18Br2N2O2/c1-3-20-14-9-11(10-16)8-13(17)15(14)21-7-5-12-4-6-18-19(12)2/h4,6,8-9H,3,5,7,10H2,1-2H3. The Labute approximate surface area is 141 Å². The van der Waals surface area contributed by atoms with E-state index in [1.165, 1.54) is 0 Å². The second kappa shape index (κ2) is 7.84. The van der Waals surface area contributed by atoms with Crippen LogP contribution in [0.15, 0.2) is 28.9 Å². The third-order valence-corrected chi connectivity index (χ3v) is 4.29. The fraction of sp³-hybridized carbons (Fsp3) is 0.400. The van der Waals surface area contributed by atoms with Gasteiger partial charge in [0.1, 0.15) is 0 Å². The predicted molar refractivity (Wildman–Crippen MR) is 90.3 cm³/mol. The van der Waals surface area contributed by atoms with Gasteiger partial charge in [0.2, 0.25) is 0 Å². The van der Waals surface area contributed by atoms with E-state index in [9.17, 15) is 0 Å². The molecule has 6 heteroatoms. The fourth-order valence-electron chi connectivity index (χ4n) is 2.01. The van der Waals surface area contributed by atoms with Crippen LogP contribution in [0.25, 0.3) is 0 Å². The number of aryl methyl sites for hydroxylation is 1. The van der Waals surface area contributed by atoms with Crippen molar-refractivity contribution in [3.63, 3.8) is 0 Å². The highest BCUT2D eigenvalue weighted by Crippen LogP contribution is 2.37. The average molecular weight is 418 g/mol. The van der Waals surface area contributed by atoms with Crippen LogP contribution >= 0.6 is 31.9 Å². The van der Waals surface area contributed by atoms with E-state index in [0.717, 1.165) is 39.0 Å². The maximum atomic E-state index is 5.92. The van der Waals surface area contributed by atoms with Crippen molar-refractivity contribution < 1.29 is 9.47 Å². The SMILES string of the molecule is CCOc1cc(CBr)cc(Br)c1OCCc1ccnn1C. The summed E-state index contributed by atoms with van der Waals surface area (Å²) in [5, 5.41) is 4.93. The van der Waals surface area contributed by atoms with Gasteiger partial charge in [-0.25, -0.2) is 0 Å². The van der Waals surface area contributed by atoms with Crippen LogP contribution in [0.1, 0.15) is 18.2 Å². The molecule has 114 valence electrons. The van der Waals surface area contributed by atoms with Crippen molar-refractivity contribution in [1.82, 2.24) is 9.78 Å². The fourth-order valence-corrected chi connectivity index (χ4v) is 2.93. The lowest BCUT2D eigenvalue weighted by Gasteiger charge is -2.15. The highest BCUT2D eigenvalue weighted by molar-refractivity contribution is 9.10. The molecule has 1 heterocycles. The summed E-state index contributed by atoms with van der Waals surface area (Å²) in [6, 6.07) is 6.04. The first-order valence-electron chi connectivity index (χ1n) is 6.76. The monoisotopic (exact) mass is 416 g/mol. The van der Waals surface area contributed by atoms with E-state index in [4.69, 9.17) is 9.47 Å². The molecule has 0 aliphatic rings. The van der Waals surface area contributed by atoms with Gasteiger partial charge >= 0.3 is 0 Å². The van der Waals surface area contributed by atoms with Crippen LogP contribution < -0.4 is 9.47 Å². The second-order valence-electron chi connectivity index (χ2n) is 4.52. The van der Waals surface area contributed by atoms with Gasteiger partial charge in [0.05, 0.1) is 17.7 Å². The van der Waals surface area contributed by atoms with Crippen LogP contribution in [0.4, 0.5) is 0 Å². The van der Waals surface area contributed by atoms with Gasteiger partial charge in [-0.1, -0.05) is 15.9 Å². The van der Waals surface area contributed by atoms with Crippen LogP contribution in [0, 0.1) is 0 Å². The molecule has 0 amide bonds. The number of hydrogen-bond donors (Lipinski definition) is 0. The molecule has 4 nitrogen and oxygen atoms in total. The molecule has 21 heavy (non-hydrogen) atoms. The molecule has 2 aromatic rings. The highest BCUT2D eigenvalue weighted by atomic mass is 79.9. The number of rotatable bonds is 7. The van der Waals surface area contributed by atoms with Gasteiger partial charge in [-0.2, -0.15) is 5.10 Å². The normalized spacial score (nSPS) is 10.7. The summed E-state index contributed by atoms with van der Waals surface area (Å²) >= 11 is 7.02. The molecule has 0 N–H and O–H groups in total. The lowest BCUT2D eigenvalue weighted by atomic mass is 10.2. The Kier molecular flexibility index (Phi) is 6.11. The van der Waals surface area contributed by atoms with E-state index < -0.39 is 0 Å². The highest BCUT2D eigenvalue weighted by Gasteiger charge is 2.12. The van der Waals surface area contributed by atoms with Gasteiger partial charge in [0.15, 0.2) is 11.5 Å². The van der Waals surface area contributed by atoms with Crippen molar-refractivity contribution in [3.8, 4) is 11.5 Å². The number of alkyl halides is 1. The van der Waals surface area contributed by atoms with E-state index in [2.05, 4.69) is 37.0 Å². The Hall–Kier alpha value is -1.01. The number of halogens is 2. The Morgan fingerprint density at radius 3 is 2.71 bits per heavy atom. The van der Waals surface area contributed by atoms with Crippen molar-refractivity contribution in [2.45, 2.75) is 18.7 Å². The molecule has 0 bridgehead atoms. The first-order chi connectivity index (χ1) is 10.2. The summed E-state index contributed by atoms with van der Waals surface area (Å²) in [4.78, 5) is 0. The Balaban J connectivity index is 2.09. The number of hydrogen-bond acceptors (Lipinski definition) is 3. The van der Waals surface area contributed by atoms with Gasteiger partial charge < -0.3 is 9.47 Å². The molecule has 1 aromatic carbocycles. The molecule has 1 aromatic heterocycles. The number of benzene rings is 1. The number of nitrogens with zero attached hydrogens (tertiary/aromatic N) is 2. The summed E-state index contributed by atoms with van der Waals surface area (Å²) in [5.74, 6) is 1.52. The van der Waals surface area contributed by atoms with E-state index in [1.807, 2.05) is 36.9 Å². The van der Waals surface area contributed by atoms with Crippen LogP contribution in [0.5, 0.6) is 11.5 Å². The van der Waals surface area contributed by atoms with Crippen LogP contribution in [-0.4, -0.2) is 23.0 Å². The molecule has 0 spiro atoms. The van der Waals surface area contributed by atoms with Gasteiger partial charge in [-0.05, 0) is 46.6 Å². The van der Waals surface area contributed by atoms with Gasteiger partial charge in [-0.15, -0.1) is 0 Å². The van der Waals surface area contributed by atoms with E-state index in [0.29, 0.717) is 13.2 Å². The minimum absolute atomic E-state index is 0.575. The predicted octanol–water partition coefficient (Wildman–Crippen LogP) is 4.10. The minimum Gasteiger partial charge on any atom is -0.490 e. The summed E-state index contributed by atoms with van der Waals surface area (Å²) < 4.78 is 14.4. The van der Waals surface area contributed by atoms with E-state index in [1.54, 1.807) is 6.20 Å². The molecular formula is C15H18Br2N2O2. The molecule has 2 rings (SSSR count). The average Bonchev–Trinajstić information content (AvgIpc) is 2.87. The van der Waals surface area contributed by atoms with Crippen molar-refractivity contribution in [3.05, 3.63) is 40.1 Å². The Morgan fingerprint density at radius 1 is 1.29 bits per heavy atom. The zero-order chi connectivity index (χ0) is 15.2. The molecule has 0 radical (unpaired) electrons. The van der Waals surface area contributed by atoms with Crippen molar-refractivity contribution >= 4 is 31.9 Å². The zero-order valence-corrected chi connectivity index (χ0v) is 15.3. The molecule has 0 atom stereocenters. The van der Waals surface area contributed by atoms with Gasteiger partial charge in [0, 0.05) is 30.7 Å². The minimum atomic E-state index is 0.575. The van der Waals surface area contributed by atoms with Crippen molar-refractivity contribution in [1.29, 1.82) is 0 Å².